The highest BCUT2D eigenvalue weighted by Gasteiger charge is 2.34. The average Bonchev–Trinajstić information content (AvgIpc) is 2.75. The van der Waals surface area contributed by atoms with E-state index in [9.17, 15) is 14.4 Å². The smallest absolute Gasteiger partial charge is 0.276 e. The van der Waals surface area contributed by atoms with Crippen LogP contribution in [0, 0.1) is 0 Å². The van der Waals surface area contributed by atoms with E-state index in [4.69, 9.17) is 0 Å². The number of carbonyl (C=O) groups is 3. The molecule has 0 aliphatic carbocycles. The van der Waals surface area contributed by atoms with E-state index >= 15 is 0 Å². The predicted molar refractivity (Wildman–Crippen MR) is 53.6 cm³/mol. The minimum absolute atomic E-state index is 0.136. The summed E-state index contributed by atoms with van der Waals surface area (Å²) >= 11 is 1.04. The third-order valence-corrected chi connectivity index (χ3v) is 2.77. The Morgan fingerprint density at radius 3 is 3.00 bits per heavy atom. The molecule has 1 aromatic rings. The molecule has 2 heterocycles. The number of hydrogen-bond acceptors (Lipinski definition) is 6. The highest BCUT2D eigenvalue weighted by Crippen LogP contribution is 2.10. The molecule has 1 saturated heterocycles. The van der Waals surface area contributed by atoms with Gasteiger partial charge in [0.25, 0.3) is 5.91 Å². The second-order valence-corrected chi connectivity index (χ2v) is 3.92. The number of imide groups is 1. The van der Waals surface area contributed by atoms with Gasteiger partial charge < -0.3 is 4.90 Å². The van der Waals surface area contributed by atoms with E-state index in [1.807, 2.05) is 0 Å². The Hall–Kier alpha value is -1.83. The number of nitrogens with zero attached hydrogens (tertiary/aromatic N) is 3. The molecule has 7 nitrogen and oxygen atoms in total. The summed E-state index contributed by atoms with van der Waals surface area (Å²) in [6, 6.07) is -0.674. The molecule has 0 saturated carbocycles. The first-order chi connectivity index (χ1) is 7.59. The fourth-order valence-electron chi connectivity index (χ4n) is 1.37. The van der Waals surface area contributed by atoms with E-state index in [2.05, 4.69) is 14.9 Å². The zero-order valence-electron chi connectivity index (χ0n) is 8.34. The molecule has 16 heavy (non-hydrogen) atoms. The quantitative estimate of drug-likeness (QED) is 0.637. The standard InChI is InChI=1S/C8H8N4O3S/c1-4-7(14)9-6(13)2-12(4)8(15)5-3-16-11-10-5/h3-4H,2H2,1H3,(H,9,13,14). The third-order valence-electron chi connectivity index (χ3n) is 2.26. The number of hydrogen-bond donors (Lipinski definition) is 1. The normalized spacial score (nSPS) is 20.8. The topological polar surface area (TPSA) is 92.3 Å². The van der Waals surface area contributed by atoms with Crippen molar-refractivity contribution < 1.29 is 14.4 Å². The van der Waals surface area contributed by atoms with Crippen molar-refractivity contribution in [3.8, 4) is 0 Å². The van der Waals surface area contributed by atoms with Crippen LogP contribution in [-0.4, -0.2) is 44.8 Å². The van der Waals surface area contributed by atoms with Gasteiger partial charge in [0.05, 0.1) is 0 Å². The Kier molecular flexibility index (Phi) is 2.65. The lowest BCUT2D eigenvalue weighted by Gasteiger charge is -2.30. The summed E-state index contributed by atoms with van der Waals surface area (Å²) in [6.45, 7) is 1.42. The van der Waals surface area contributed by atoms with Crippen molar-refractivity contribution in [2.45, 2.75) is 13.0 Å². The van der Waals surface area contributed by atoms with Crippen LogP contribution in [0.4, 0.5) is 0 Å². The minimum Gasteiger partial charge on any atom is -0.316 e. The van der Waals surface area contributed by atoms with Crippen LogP contribution in [0.2, 0.25) is 0 Å². The number of rotatable bonds is 1. The lowest BCUT2D eigenvalue weighted by Crippen LogP contribution is -2.58. The van der Waals surface area contributed by atoms with Crippen molar-refractivity contribution >= 4 is 29.3 Å². The Bertz CT molecular complexity index is 444. The summed E-state index contributed by atoms with van der Waals surface area (Å²) < 4.78 is 3.56. The van der Waals surface area contributed by atoms with E-state index in [0.29, 0.717) is 0 Å². The van der Waals surface area contributed by atoms with E-state index in [0.717, 1.165) is 11.5 Å². The number of carbonyl (C=O) groups excluding carboxylic acids is 3. The van der Waals surface area contributed by atoms with Crippen molar-refractivity contribution in [3.05, 3.63) is 11.1 Å². The molecule has 1 fully saturated rings. The number of piperazine rings is 1. The van der Waals surface area contributed by atoms with Gasteiger partial charge >= 0.3 is 0 Å². The SMILES string of the molecule is CC1C(=O)NC(=O)CN1C(=O)c1csnn1. The highest BCUT2D eigenvalue weighted by molar-refractivity contribution is 7.03. The number of nitrogens with one attached hydrogen (secondary N) is 1. The van der Waals surface area contributed by atoms with Gasteiger partial charge in [0.2, 0.25) is 11.8 Å². The molecule has 84 valence electrons. The van der Waals surface area contributed by atoms with Crippen LogP contribution in [0.3, 0.4) is 0 Å². The van der Waals surface area contributed by atoms with E-state index < -0.39 is 23.8 Å². The average molecular weight is 240 g/mol. The number of amides is 3. The van der Waals surface area contributed by atoms with Gasteiger partial charge in [-0.1, -0.05) is 4.49 Å². The summed E-state index contributed by atoms with van der Waals surface area (Å²) in [7, 11) is 0. The molecule has 0 spiro atoms. The molecule has 2 rings (SSSR count). The largest absolute Gasteiger partial charge is 0.316 e. The van der Waals surface area contributed by atoms with Gasteiger partial charge in [0, 0.05) is 5.38 Å². The molecule has 1 aliphatic heterocycles. The van der Waals surface area contributed by atoms with Crippen LogP contribution in [0.5, 0.6) is 0 Å². The van der Waals surface area contributed by atoms with Gasteiger partial charge in [-0.05, 0) is 18.5 Å². The molecule has 1 N–H and O–H groups in total. The summed E-state index contributed by atoms with van der Waals surface area (Å²) in [5.74, 6) is -1.42. The Morgan fingerprint density at radius 2 is 2.38 bits per heavy atom. The maximum atomic E-state index is 11.9. The minimum atomic E-state index is -0.674. The van der Waals surface area contributed by atoms with Crippen molar-refractivity contribution in [2.24, 2.45) is 0 Å². The maximum absolute atomic E-state index is 11.9. The zero-order chi connectivity index (χ0) is 11.7. The first kappa shape index (κ1) is 10.7. The molecule has 1 aromatic heterocycles. The molecule has 8 heteroatoms. The lowest BCUT2D eigenvalue weighted by atomic mass is 10.2. The molecule has 1 unspecified atom stereocenters. The Labute approximate surface area is 94.6 Å². The van der Waals surface area contributed by atoms with Crippen molar-refractivity contribution in [1.29, 1.82) is 0 Å². The van der Waals surface area contributed by atoms with Crippen molar-refractivity contribution in [3.63, 3.8) is 0 Å². The molecule has 0 aromatic carbocycles. The van der Waals surface area contributed by atoms with Gasteiger partial charge in [0.15, 0.2) is 5.69 Å². The van der Waals surface area contributed by atoms with Crippen LogP contribution < -0.4 is 5.32 Å². The Morgan fingerprint density at radius 1 is 1.62 bits per heavy atom. The lowest BCUT2D eigenvalue weighted by molar-refractivity contribution is -0.138. The van der Waals surface area contributed by atoms with Gasteiger partial charge in [-0.2, -0.15) is 0 Å². The highest BCUT2D eigenvalue weighted by atomic mass is 32.1. The zero-order valence-corrected chi connectivity index (χ0v) is 9.15. The molecular weight excluding hydrogens is 232 g/mol. The molecule has 0 radical (unpaired) electrons. The van der Waals surface area contributed by atoms with E-state index in [-0.39, 0.29) is 12.2 Å². The fraction of sp³-hybridized carbons (Fsp3) is 0.375. The Balaban J connectivity index is 2.23. The first-order valence-electron chi connectivity index (χ1n) is 4.51. The molecule has 0 bridgehead atoms. The second-order valence-electron chi connectivity index (χ2n) is 3.31. The van der Waals surface area contributed by atoms with Gasteiger partial charge in [-0.25, -0.2) is 0 Å². The summed E-state index contributed by atoms with van der Waals surface area (Å²) in [5, 5.41) is 7.24. The third kappa shape index (κ3) is 1.78. The van der Waals surface area contributed by atoms with Crippen molar-refractivity contribution in [2.75, 3.05) is 6.54 Å². The molecule has 1 aliphatic rings. The number of aromatic nitrogens is 2. The van der Waals surface area contributed by atoms with E-state index in [1.54, 1.807) is 6.92 Å². The predicted octanol–water partition coefficient (Wildman–Crippen LogP) is -0.975. The summed E-state index contributed by atoms with van der Waals surface area (Å²) in [6.07, 6.45) is 0. The second kappa shape index (κ2) is 3.97. The first-order valence-corrected chi connectivity index (χ1v) is 5.35. The van der Waals surface area contributed by atoms with Gasteiger partial charge in [0.1, 0.15) is 12.6 Å². The summed E-state index contributed by atoms with van der Waals surface area (Å²) in [4.78, 5) is 35.5. The van der Waals surface area contributed by atoms with Crippen LogP contribution in [0.15, 0.2) is 5.38 Å². The van der Waals surface area contributed by atoms with Crippen LogP contribution in [0.25, 0.3) is 0 Å². The van der Waals surface area contributed by atoms with Crippen molar-refractivity contribution in [1.82, 2.24) is 19.8 Å². The van der Waals surface area contributed by atoms with Gasteiger partial charge in [-0.3, -0.25) is 19.7 Å². The fourth-order valence-corrected chi connectivity index (χ4v) is 1.80. The monoisotopic (exact) mass is 240 g/mol. The molecule has 1 atom stereocenters. The summed E-state index contributed by atoms with van der Waals surface area (Å²) in [5.41, 5.74) is 0.152. The maximum Gasteiger partial charge on any atom is 0.276 e. The van der Waals surface area contributed by atoms with Crippen LogP contribution in [0.1, 0.15) is 17.4 Å². The van der Waals surface area contributed by atoms with E-state index in [1.165, 1.54) is 10.3 Å². The molecular formula is C8H8N4O3S. The van der Waals surface area contributed by atoms with Crippen LogP contribution >= 0.6 is 11.5 Å². The van der Waals surface area contributed by atoms with Crippen LogP contribution in [-0.2, 0) is 9.59 Å². The van der Waals surface area contributed by atoms with Gasteiger partial charge in [-0.15, -0.1) is 5.10 Å². The molecule has 3 amide bonds.